The predicted octanol–water partition coefficient (Wildman–Crippen LogP) is -2.00. The lowest BCUT2D eigenvalue weighted by Crippen LogP contribution is -2.34. The Bertz CT molecular complexity index is 140. The van der Waals surface area contributed by atoms with Crippen molar-refractivity contribution >= 4 is 0 Å². The molecule has 0 bridgehead atoms. The summed E-state index contributed by atoms with van der Waals surface area (Å²) < 4.78 is 4.88. The van der Waals surface area contributed by atoms with E-state index in [-0.39, 0.29) is 6.61 Å². The lowest BCUT2D eigenvalue weighted by atomic mass is 10.1. The van der Waals surface area contributed by atoms with Crippen LogP contribution in [0.15, 0.2) is 0 Å². The van der Waals surface area contributed by atoms with Crippen molar-refractivity contribution in [3.8, 4) is 0 Å². The highest BCUT2D eigenvalue weighted by Gasteiger charge is 2.43. The topological polar surface area (TPSA) is 88.4 Å². The highest BCUT2D eigenvalue weighted by Crippen LogP contribution is 2.21. The van der Waals surface area contributed by atoms with Gasteiger partial charge in [0.05, 0.1) is 13.7 Å². The van der Waals surface area contributed by atoms with Crippen LogP contribution in [0.5, 0.6) is 0 Å². The molecule has 0 amide bonds. The van der Waals surface area contributed by atoms with E-state index in [9.17, 15) is 10.2 Å². The summed E-state index contributed by atoms with van der Waals surface area (Å²) in [6.07, 6.45) is -4.19. The number of hydrogen-bond acceptors (Lipinski definition) is 6. The van der Waals surface area contributed by atoms with Crippen molar-refractivity contribution < 1.29 is 29.8 Å². The Morgan fingerprint density at radius 3 is 2.42 bits per heavy atom. The molecule has 0 spiro atoms. The van der Waals surface area contributed by atoms with Crippen LogP contribution in [0.25, 0.3) is 0 Å². The molecule has 4 atom stereocenters. The molecule has 6 nitrogen and oxygen atoms in total. The van der Waals surface area contributed by atoms with E-state index >= 15 is 0 Å². The van der Waals surface area contributed by atoms with Crippen LogP contribution in [-0.4, -0.2) is 53.6 Å². The molecule has 0 aliphatic carbocycles. The van der Waals surface area contributed by atoms with Gasteiger partial charge in [-0.2, -0.15) is 0 Å². The lowest BCUT2D eigenvalue weighted by Gasteiger charge is -2.11. The van der Waals surface area contributed by atoms with Gasteiger partial charge in [0.25, 0.3) is 0 Å². The van der Waals surface area contributed by atoms with Crippen molar-refractivity contribution in [2.45, 2.75) is 24.6 Å². The van der Waals surface area contributed by atoms with Gasteiger partial charge >= 0.3 is 0 Å². The molecular formula is C6H12O6. The van der Waals surface area contributed by atoms with Gasteiger partial charge in [0, 0.05) is 0 Å². The average molecular weight is 180 g/mol. The van der Waals surface area contributed by atoms with Crippen molar-refractivity contribution in [1.29, 1.82) is 0 Å². The quantitative estimate of drug-likeness (QED) is 0.344. The Kier molecular flexibility index (Phi) is 3.39. The van der Waals surface area contributed by atoms with E-state index < -0.39 is 24.6 Å². The number of hydrogen-bond donors (Lipinski definition) is 3. The van der Waals surface area contributed by atoms with Crippen molar-refractivity contribution in [3.05, 3.63) is 0 Å². The molecule has 0 aromatic rings. The van der Waals surface area contributed by atoms with Gasteiger partial charge in [-0.3, -0.25) is 0 Å². The van der Waals surface area contributed by atoms with Gasteiger partial charge in [0.2, 0.25) is 6.29 Å². The van der Waals surface area contributed by atoms with Crippen molar-refractivity contribution in [3.63, 3.8) is 0 Å². The summed E-state index contributed by atoms with van der Waals surface area (Å²) in [5, 5.41) is 27.0. The van der Waals surface area contributed by atoms with Crippen LogP contribution in [-0.2, 0) is 14.5 Å². The fraction of sp³-hybridized carbons (Fsp3) is 1.00. The maximum atomic E-state index is 9.20. The van der Waals surface area contributed by atoms with Gasteiger partial charge in [-0.25, -0.2) is 9.78 Å². The molecule has 1 saturated heterocycles. The number of ether oxygens (including phenoxy) is 1. The van der Waals surface area contributed by atoms with Crippen LogP contribution >= 0.6 is 0 Å². The number of aliphatic hydroxyl groups is 3. The third-order valence-electron chi connectivity index (χ3n) is 1.69. The van der Waals surface area contributed by atoms with Crippen LogP contribution in [0.3, 0.4) is 0 Å². The van der Waals surface area contributed by atoms with Crippen LogP contribution in [0.2, 0.25) is 0 Å². The number of aliphatic hydroxyl groups excluding tert-OH is 3. The molecule has 1 aliphatic heterocycles. The minimum Gasteiger partial charge on any atom is -0.394 e. The summed E-state index contributed by atoms with van der Waals surface area (Å²) in [5.74, 6) is 0. The van der Waals surface area contributed by atoms with E-state index in [1.54, 1.807) is 0 Å². The molecule has 12 heavy (non-hydrogen) atoms. The van der Waals surface area contributed by atoms with Crippen molar-refractivity contribution in [2.24, 2.45) is 0 Å². The second-order valence-corrected chi connectivity index (χ2v) is 2.47. The van der Waals surface area contributed by atoms with E-state index in [0.717, 1.165) is 0 Å². The van der Waals surface area contributed by atoms with Gasteiger partial charge in [-0.05, 0) is 0 Å². The molecule has 6 heteroatoms. The Hall–Kier alpha value is -0.240. The van der Waals surface area contributed by atoms with Crippen LogP contribution in [0.1, 0.15) is 0 Å². The zero-order valence-electron chi connectivity index (χ0n) is 6.58. The minimum atomic E-state index is -1.19. The molecular weight excluding hydrogens is 168 g/mol. The SMILES string of the molecule is COOC1O[C@H](CO)[C@@H](O)[C@H]1O. The molecule has 72 valence electrons. The molecule has 0 aromatic carbocycles. The molecule has 1 aliphatic rings. The Balaban J connectivity index is 2.48. The summed E-state index contributed by atoms with van der Waals surface area (Å²) in [6, 6.07) is 0. The third-order valence-corrected chi connectivity index (χ3v) is 1.69. The summed E-state index contributed by atoms with van der Waals surface area (Å²) in [7, 11) is 1.26. The zero-order chi connectivity index (χ0) is 9.14. The molecule has 1 unspecified atom stereocenters. The lowest BCUT2D eigenvalue weighted by molar-refractivity contribution is -0.371. The molecule has 1 rings (SSSR count). The van der Waals surface area contributed by atoms with E-state index in [4.69, 9.17) is 9.84 Å². The largest absolute Gasteiger partial charge is 0.394 e. The summed E-state index contributed by atoms with van der Waals surface area (Å²) in [5.41, 5.74) is 0. The van der Waals surface area contributed by atoms with E-state index in [2.05, 4.69) is 9.78 Å². The molecule has 0 radical (unpaired) electrons. The first-order valence-electron chi connectivity index (χ1n) is 3.52. The third kappa shape index (κ3) is 1.74. The van der Waals surface area contributed by atoms with Gasteiger partial charge in [-0.15, -0.1) is 0 Å². The van der Waals surface area contributed by atoms with Gasteiger partial charge < -0.3 is 20.1 Å². The highest BCUT2D eigenvalue weighted by molar-refractivity contribution is 4.85. The van der Waals surface area contributed by atoms with Crippen LogP contribution in [0.4, 0.5) is 0 Å². The Morgan fingerprint density at radius 2 is 2.00 bits per heavy atom. The highest BCUT2D eigenvalue weighted by atomic mass is 17.2. The molecule has 1 heterocycles. The Labute approximate surface area is 69.2 Å². The van der Waals surface area contributed by atoms with Crippen LogP contribution < -0.4 is 0 Å². The van der Waals surface area contributed by atoms with Gasteiger partial charge in [-0.1, -0.05) is 0 Å². The normalized spacial score (nSPS) is 42.0. The van der Waals surface area contributed by atoms with Gasteiger partial charge in [0.1, 0.15) is 18.3 Å². The first kappa shape index (κ1) is 9.85. The number of rotatable bonds is 3. The summed E-state index contributed by atoms with van der Waals surface area (Å²) >= 11 is 0. The molecule has 0 saturated carbocycles. The van der Waals surface area contributed by atoms with Gasteiger partial charge in [0.15, 0.2) is 0 Å². The van der Waals surface area contributed by atoms with Crippen molar-refractivity contribution in [2.75, 3.05) is 13.7 Å². The maximum absolute atomic E-state index is 9.20. The Morgan fingerprint density at radius 1 is 1.33 bits per heavy atom. The monoisotopic (exact) mass is 180 g/mol. The molecule has 1 fully saturated rings. The first-order valence-corrected chi connectivity index (χ1v) is 3.52. The molecule has 0 aromatic heterocycles. The maximum Gasteiger partial charge on any atom is 0.220 e. The van der Waals surface area contributed by atoms with E-state index in [1.165, 1.54) is 7.11 Å². The minimum absolute atomic E-state index is 0.373. The van der Waals surface area contributed by atoms with Crippen molar-refractivity contribution in [1.82, 2.24) is 0 Å². The van der Waals surface area contributed by atoms with E-state index in [0.29, 0.717) is 0 Å². The standard InChI is InChI=1S/C6H12O6/c1-10-12-6-5(9)4(8)3(2-7)11-6/h3-9H,2H2,1H3/t3-,4-,5-,6?/m1/s1. The fourth-order valence-corrected chi connectivity index (χ4v) is 1.04. The average Bonchev–Trinajstić information content (AvgIpc) is 2.33. The first-order chi connectivity index (χ1) is 5.70. The smallest absolute Gasteiger partial charge is 0.220 e. The molecule has 3 N–H and O–H groups in total. The second-order valence-electron chi connectivity index (χ2n) is 2.47. The predicted molar refractivity (Wildman–Crippen MR) is 35.9 cm³/mol. The van der Waals surface area contributed by atoms with Crippen LogP contribution in [0, 0.1) is 0 Å². The fourth-order valence-electron chi connectivity index (χ4n) is 1.04. The van der Waals surface area contributed by atoms with E-state index in [1.807, 2.05) is 0 Å². The second kappa shape index (κ2) is 4.13. The zero-order valence-corrected chi connectivity index (χ0v) is 6.58. The summed E-state index contributed by atoms with van der Waals surface area (Å²) in [4.78, 5) is 8.73. The summed E-state index contributed by atoms with van der Waals surface area (Å²) in [6.45, 7) is -0.373.